The van der Waals surface area contributed by atoms with Crippen molar-refractivity contribution in [2.75, 3.05) is 21.3 Å². The van der Waals surface area contributed by atoms with E-state index in [1.54, 1.807) is 21.3 Å². The highest BCUT2D eigenvalue weighted by molar-refractivity contribution is 5.76. The molecule has 102 valence electrons. The molecule has 1 aromatic carbocycles. The van der Waals surface area contributed by atoms with E-state index in [1.807, 2.05) is 24.5 Å². The van der Waals surface area contributed by atoms with Crippen molar-refractivity contribution in [2.45, 2.75) is 6.54 Å². The third-order valence-corrected chi connectivity index (χ3v) is 3.05. The van der Waals surface area contributed by atoms with Crippen LogP contribution in [-0.4, -0.2) is 26.3 Å². The number of aromatic nitrogens is 1. The van der Waals surface area contributed by atoms with E-state index < -0.39 is 0 Å². The highest BCUT2D eigenvalue weighted by Gasteiger charge is 2.15. The molecule has 3 N–H and O–H groups in total. The van der Waals surface area contributed by atoms with E-state index in [4.69, 9.17) is 19.9 Å². The van der Waals surface area contributed by atoms with Crippen molar-refractivity contribution in [3.63, 3.8) is 0 Å². The lowest BCUT2D eigenvalue weighted by atomic mass is 10.0. The number of hydrogen-bond acceptors (Lipinski definition) is 4. The van der Waals surface area contributed by atoms with E-state index in [2.05, 4.69) is 4.98 Å². The summed E-state index contributed by atoms with van der Waals surface area (Å²) < 4.78 is 16.0. The van der Waals surface area contributed by atoms with Crippen molar-refractivity contribution < 1.29 is 14.2 Å². The number of benzene rings is 1. The van der Waals surface area contributed by atoms with E-state index in [-0.39, 0.29) is 0 Å². The predicted molar refractivity (Wildman–Crippen MR) is 73.8 cm³/mol. The molecule has 0 fully saturated rings. The Hall–Kier alpha value is -2.14. The van der Waals surface area contributed by atoms with Gasteiger partial charge in [-0.25, -0.2) is 0 Å². The zero-order chi connectivity index (χ0) is 13.8. The van der Waals surface area contributed by atoms with Crippen LogP contribution in [0, 0.1) is 0 Å². The van der Waals surface area contributed by atoms with E-state index in [0.29, 0.717) is 23.8 Å². The molecule has 0 unspecified atom stereocenters. The monoisotopic (exact) mass is 262 g/mol. The number of nitrogens with one attached hydrogen (secondary N) is 1. The van der Waals surface area contributed by atoms with Crippen molar-refractivity contribution in [3.8, 4) is 28.4 Å². The summed E-state index contributed by atoms with van der Waals surface area (Å²) in [6.45, 7) is 0.455. The lowest BCUT2D eigenvalue weighted by Gasteiger charge is -2.14. The first-order valence-corrected chi connectivity index (χ1v) is 5.91. The first-order valence-electron chi connectivity index (χ1n) is 5.91. The average molecular weight is 262 g/mol. The molecule has 0 saturated carbocycles. The molecule has 0 radical (unpaired) electrons. The number of aromatic amines is 1. The molecule has 0 aliphatic heterocycles. The molecule has 0 bridgehead atoms. The van der Waals surface area contributed by atoms with Gasteiger partial charge >= 0.3 is 0 Å². The maximum atomic E-state index is 5.73. The van der Waals surface area contributed by atoms with E-state index in [1.165, 1.54) is 0 Å². The molecule has 0 spiro atoms. The standard InChI is InChI=1S/C14H18N2O3/c1-17-12-5-14(19-3)13(18-2)4-10(12)11-8-16-7-9(11)6-15/h4-5,7-8,16H,6,15H2,1-3H3. The van der Waals surface area contributed by atoms with Crippen LogP contribution in [0.4, 0.5) is 0 Å². The van der Waals surface area contributed by atoms with Gasteiger partial charge in [-0.15, -0.1) is 0 Å². The second-order valence-corrected chi connectivity index (χ2v) is 4.01. The van der Waals surface area contributed by atoms with Gasteiger partial charge in [0.2, 0.25) is 0 Å². The van der Waals surface area contributed by atoms with Crippen molar-refractivity contribution in [1.82, 2.24) is 4.98 Å². The summed E-state index contributed by atoms with van der Waals surface area (Å²) in [5.41, 5.74) is 8.67. The zero-order valence-electron chi connectivity index (χ0n) is 11.3. The van der Waals surface area contributed by atoms with Crippen molar-refractivity contribution in [3.05, 3.63) is 30.1 Å². The Balaban J connectivity index is 2.61. The molecule has 19 heavy (non-hydrogen) atoms. The fourth-order valence-electron chi connectivity index (χ4n) is 2.06. The van der Waals surface area contributed by atoms with Gasteiger partial charge in [-0.1, -0.05) is 0 Å². The average Bonchev–Trinajstić information content (AvgIpc) is 2.93. The first kappa shape index (κ1) is 13.3. The van der Waals surface area contributed by atoms with Crippen LogP contribution in [-0.2, 0) is 6.54 Å². The van der Waals surface area contributed by atoms with E-state index in [0.717, 1.165) is 16.7 Å². The van der Waals surface area contributed by atoms with Gasteiger partial charge in [0.25, 0.3) is 0 Å². The summed E-state index contributed by atoms with van der Waals surface area (Å²) in [7, 11) is 4.83. The SMILES string of the molecule is COc1cc(OC)c(-c2c[nH]cc2CN)cc1OC. The van der Waals surface area contributed by atoms with Crippen LogP contribution in [0.25, 0.3) is 11.1 Å². The van der Waals surface area contributed by atoms with Gasteiger partial charge in [-0.2, -0.15) is 0 Å². The van der Waals surface area contributed by atoms with Crippen LogP contribution >= 0.6 is 0 Å². The minimum Gasteiger partial charge on any atom is -0.496 e. The van der Waals surface area contributed by atoms with Gasteiger partial charge in [0.1, 0.15) is 5.75 Å². The van der Waals surface area contributed by atoms with Gasteiger partial charge in [0, 0.05) is 36.1 Å². The normalized spacial score (nSPS) is 10.3. The Labute approximate surface area is 112 Å². The molecule has 1 heterocycles. The molecule has 2 rings (SSSR count). The molecular formula is C14H18N2O3. The van der Waals surface area contributed by atoms with Gasteiger partial charge in [-0.3, -0.25) is 0 Å². The number of ether oxygens (including phenoxy) is 3. The van der Waals surface area contributed by atoms with Crippen LogP contribution in [0.1, 0.15) is 5.56 Å². The smallest absolute Gasteiger partial charge is 0.164 e. The van der Waals surface area contributed by atoms with Crippen molar-refractivity contribution in [1.29, 1.82) is 0 Å². The van der Waals surface area contributed by atoms with Crippen molar-refractivity contribution >= 4 is 0 Å². The summed E-state index contributed by atoms with van der Waals surface area (Å²) in [4.78, 5) is 3.06. The van der Waals surface area contributed by atoms with Gasteiger partial charge in [-0.05, 0) is 11.6 Å². The topological polar surface area (TPSA) is 69.5 Å². The van der Waals surface area contributed by atoms with Gasteiger partial charge < -0.3 is 24.9 Å². The number of hydrogen-bond donors (Lipinski definition) is 2. The highest BCUT2D eigenvalue weighted by Crippen LogP contribution is 2.40. The minimum atomic E-state index is 0.455. The Morgan fingerprint density at radius 1 is 0.895 bits per heavy atom. The van der Waals surface area contributed by atoms with Gasteiger partial charge in [0.15, 0.2) is 11.5 Å². The zero-order valence-corrected chi connectivity index (χ0v) is 11.3. The molecule has 0 atom stereocenters. The van der Waals surface area contributed by atoms with E-state index in [9.17, 15) is 0 Å². The van der Waals surface area contributed by atoms with Crippen molar-refractivity contribution in [2.24, 2.45) is 5.73 Å². The molecule has 0 aliphatic carbocycles. The maximum Gasteiger partial charge on any atom is 0.164 e. The molecule has 0 amide bonds. The molecule has 5 nitrogen and oxygen atoms in total. The van der Waals surface area contributed by atoms with Crippen LogP contribution in [0.3, 0.4) is 0 Å². The summed E-state index contributed by atoms with van der Waals surface area (Å²) in [5, 5.41) is 0. The van der Waals surface area contributed by atoms with Crippen LogP contribution < -0.4 is 19.9 Å². The lowest BCUT2D eigenvalue weighted by Crippen LogP contribution is -1.98. The molecule has 0 aliphatic rings. The number of methoxy groups -OCH3 is 3. The Bertz CT molecular complexity index is 564. The second kappa shape index (κ2) is 5.67. The molecule has 2 aromatic rings. The Morgan fingerprint density at radius 3 is 2.11 bits per heavy atom. The molecule has 0 saturated heterocycles. The van der Waals surface area contributed by atoms with Crippen LogP contribution in [0.15, 0.2) is 24.5 Å². The fraction of sp³-hybridized carbons (Fsp3) is 0.286. The Morgan fingerprint density at radius 2 is 1.53 bits per heavy atom. The largest absolute Gasteiger partial charge is 0.496 e. The third kappa shape index (κ3) is 2.37. The molecular weight excluding hydrogens is 244 g/mol. The second-order valence-electron chi connectivity index (χ2n) is 4.01. The molecule has 5 heteroatoms. The van der Waals surface area contributed by atoms with Crippen LogP contribution in [0.5, 0.6) is 17.2 Å². The summed E-state index contributed by atoms with van der Waals surface area (Å²) in [6, 6.07) is 3.70. The predicted octanol–water partition coefficient (Wildman–Crippen LogP) is 2.17. The van der Waals surface area contributed by atoms with Crippen LogP contribution in [0.2, 0.25) is 0 Å². The summed E-state index contributed by atoms with van der Waals surface area (Å²) >= 11 is 0. The lowest BCUT2D eigenvalue weighted by molar-refractivity contribution is 0.349. The van der Waals surface area contributed by atoms with Gasteiger partial charge in [0.05, 0.1) is 21.3 Å². The summed E-state index contributed by atoms with van der Waals surface area (Å²) in [5.74, 6) is 2.00. The quantitative estimate of drug-likeness (QED) is 0.866. The molecule has 1 aromatic heterocycles. The Kier molecular flexibility index (Phi) is 3.97. The fourth-order valence-corrected chi connectivity index (χ4v) is 2.06. The first-order chi connectivity index (χ1) is 9.24. The maximum absolute atomic E-state index is 5.73. The number of H-pyrrole nitrogens is 1. The number of rotatable bonds is 5. The highest BCUT2D eigenvalue weighted by atomic mass is 16.5. The third-order valence-electron chi connectivity index (χ3n) is 3.05. The number of nitrogens with two attached hydrogens (primary N) is 1. The minimum absolute atomic E-state index is 0.455. The summed E-state index contributed by atoms with van der Waals surface area (Å²) in [6.07, 6.45) is 3.78. The van der Waals surface area contributed by atoms with E-state index >= 15 is 0 Å².